The number of carbonyl (C=O) groups is 1. The van der Waals surface area contributed by atoms with Crippen molar-refractivity contribution >= 4 is 23.4 Å². The average Bonchev–Trinajstić information content (AvgIpc) is 3.23. The molecule has 0 unspecified atom stereocenters. The minimum Gasteiger partial charge on any atom is -0.465 e. The molecule has 1 spiro atoms. The number of carbonyl (C=O) groups excluding carboxylic acids is 1. The lowest BCUT2D eigenvalue weighted by Crippen LogP contribution is -2.40. The summed E-state index contributed by atoms with van der Waals surface area (Å²) in [5.74, 6) is -0.239. The minimum absolute atomic E-state index is 0.236. The average molecular weight is 339 g/mol. The minimum atomic E-state index is -0.239. The third-order valence-corrected chi connectivity index (χ3v) is 6.31. The van der Waals surface area contributed by atoms with Crippen LogP contribution in [-0.4, -0.2) is 31.1 Å². The van der Waals surface area contributed by atoms with Crippen molar-refractivity contribution in [3.05, 3.63) is 63.4 Å². The summed E-state index contributed by atoms with van der Waals surface area (Å²) in [6, 6.07) is 12.7. The fourth-order valence-corrected chi connectivity index (χ4v) is 4.84. The Morgan fingerprint density at radius 3 is 2.79 bits per heavy atom. The lowest BCUT2D eigenvalue weighted by molar-refractivity contribution is 0.0606. The molecule has 3 nitrogen and oxygen atoms in total. The Morgan fingerprint density at radius 2 is 2.00 bits per heavy atom. The molecule has 24 heavy (non-hydrogen) atoms. The molecule has 2 aromatic rings. The molecule has 1 aromatic heterocycles. The standard InChI is InChI=1S/C20H21NO2S/c1-23-19(22)18-7-6-16(24-18)14-21-12-10-20(11-13-21)9-8-15-4-2-3-5-17(15)20/h2-9H,10-14H2,1H3. The molecule has 124 valence electrons. The van der Waals surface area contributed by atoms with E-state index < -0.39 is 0 Å². The van der Waals surface area contributed by atoms with Crippen molar-refractivity contribution in [1.82, 2.24) is 4.90 Å². The van der Waals surface area contributed by atoms with Gasteiger partial charge in [-0.3, -0.25) is 4.90 Å². The van der Waals surface area contributed by atoms with Crippen molar-refractivity contribution in [3.8, 4) is 0 Å². The molecule has 0 atom stereocenters. The molecule has 4 heteroatoms. The van der Waals surface area contributed by atoms with Crippen molar-refractivity contribution in [2.45, 2.75) is 24.8 Å². The highest BCUT2D eigenvalue weighted by Crippen LogP contribution is 2.43. The highest BCUT2D eigenvalue weighted by Gasteiger charge is 2.37. The number of nitrogens with zero attached hydrogens (tertiary/aromatic N) is 1. The second kappa shape index (κ2) is 6.19. The number of piperidine rings is 1. The van der Waals surface area contributed by atoms with E-state index in [1.807, 2.05) is 12.1 Å². The lowest BCUT2D eigenvalue weighted by Gasteiger charge is -2.39. The van der Waals surface area contributed by atoms with E-state index in [0.717, 1.165) is 32.5 Å². The molecule has 2 aliphatic rings. The van der Waals surface area contributed by atoms with Gasteiger partial charge in [-0.15, -0.1) is 11.3 Å². The van der Waals surface area contributed by atoms with Crippen LogP contribution in [0.2, 0.25) is 0 Å². The number of fused-ring (bicyclic) bond motifs is 2. The number of hydrogen-bond donors (Lipinski definition) is 0. The number of benzene rings is 1. The summed E-state index contributed by atoms with van der Waals surface area (Å²) < 4.78 is 4.79. The summed E-state index contributed by atoms with van der Waals surface area (Å²) in [7, 11) is 1.43. The van der Waals surface area contributed by atoms with Crippen LogP contribution in [0.15, 0.2) is 42.5 Å². The van der Waals surface area contributed by atoms with Crippen LogP contribution in [0, 0.1) is 0 Å². The van der Waals surface area contributed by atoms with Crippen molar-refractivity contribution in [3.63, 3.8) is 0 Å². The molecule has 0 bridgehead atoms. The van der Waals surface area contributed by atoms with Gasteiger partial charge in [0.15, 0.2) is 0 Å². The third-order valence-electron chi connectivity index (χ3n) is 5.26. The molecule has 1 aromatic carbocycles. The monoisotopic (exact) mass is 339 g/mol. The zero-order valence-electron chi connectivity index (χ0n) is 13.8. The first-order valence-corrected chi connectivity index (χ1v) is 9.20. The number of methoxy groups -OCH3 is 1. The molecule has 1 aliphatic heterocycles. The Bertz CT molecular complexity index is 784. The maximum absolute atomic E-state index is 11.6. The van der Waals surface area contributed by atoms with Gasteiger partial charge in [0.1, 0.15) is 4.88 Å². The number of hydrogen-bond acceptors (Lipinski definition) is 4. The molecule has 1 aliphatic carbocycles. The zero-order valence-corrected chi connectivity index (χ0v) is 14.6. The molecule has 0 saturated carbocycles. The fourth-order valence-electron chi connectivity index (χ4n) is 3.87. The summed E-state index contributed by atoms with van der Waals surface area (Å²) in [6.45, 7) is 3.09. The van der Waals surface area contributed by atoms with Crippen LogP contribution in [0.5, 0.6) is 0 Å². The van der Waals surface area contributed by atoms with Crippen molar-refractivity contribution in [2.75, 3.05) is 20.2 Å². The van der Waals surface area contributed by atoms with Gasteiger partial charge in [0.05, 0.1) is 7.11 Å². The smallest absolute Gasteiger partial charge is 0.348 e. The van der Waals surface area contributed by atoms with Crippen LogP contribution in [-0.2, 0) is 16.7 Å². The zero-order chi connectivity index (χ0) is 16.6. The number of thiophene rings is 1. The largest absolute Gasteiger partial charge is 0.465 e. The van der Waals surface area contributed by atoms with Crippen LogP contribution in [0.1, 0.15) is 38.5 Å². The Hall–Kier alpha value is -1.91. The van der Waals surface area contributed by atoms with E-state index in [0.29, 0.717) is 4.88 Å². The van der Waals surface area contributed by atoms with Crippen LogP contribution in [0.4, 0.5) is 0 Å². The number of likely N-dealkylation sites (tertiary alicyclic amines) is 1. The van der Waals surface area contributed by atoms with Crippen LogP contribution < -0.4 is 0 Å². The van der Waals surface area contributed by atoms with Gasteiger partial charge in [-0.2, -0.15) is 0 Å². The molecule has 0 amide bonds. The topological polar surface area (TPSA) is 29.5 Å². The molecule has 1 saturated heterocycles. The predicted octanol–water partition coefficient (Wildman–Crippen LogP) is 4.10. The Morgan fingerprint density at radius 1 is 1.21 bits per heavy atom. The van der Waals surface area contributed by atoms with E-state index in [4.69, 9.17) is 4.74 Å². The number of allylic oxidation sites excluding steroid dienone is 1. The Labute approximate surface area is 146 Å². The fraction of sp³-hybridized carbons (Fsp3) is 0.350. The summed E-state index contributed by atoms with van der Waals surface area (Å²) in [5, 5.41) is 0. The van der Waals surface area contributed by atoms with Crippen LogP contribution in [0.25, 0.3) is 6.08 Å². The third kappa shape index (κ3) is 2.70. The normalized spacial score (nSPS) is 18.7. The highest BCUT2D eigenvalue weighted by atomic mass is 32.1. The SMILES string of the molecule is COC(=O)c1ccc(CN2CCC3(C=Cc4ccccc43)CC2)s1. The maximum atomic E-state index is 11.6. The molecule has 1 fully saturated rings. The summed E-state index contributed by atoms with van der Waals surface area (Å²) in [4.78, 5) is 16.0. The Kier molecular flexibility index (Phi) is 4.02. The Balaban J connectivity index is 1.41. The first-order chi connectivity index (χ1) is 11.7. The quantitative estimate of drug-likeness (QED) is 0.789. The van der Waals surface area contributed by atoms with E-state index in [9.17, 15) is 4.79 Å². The molecule has 2 heterocycles. The number of rotatable bonds is 3. The van der Waals surface area contributed by atoms with E-state index in [1.54, 1.807) is 11.3 Å². The highest BCUT2D eigenvalue weighted by molar-refractivity contribution is 7.13. The second-order valence-electron chi connectivity index (χ2n) is 6.61. The van der Waals surface area contributed by atoms with Gasteiger partial charge < -0.3 is 4.74 Å². The first-order valence-electron chi connectivity index (χ1n) is 8.38. The van der Waals surface area contributed by atoms with E-state index in [1.165, 1.54) is 23.1 Å². The molecular formula is C20H21NO2S. The summed E-state index contributed by atoms with van der Waals surface area (Å²) in [6.07, 6.45) is 7.02. The molecule has 0 N–H and O–H groups in total. The number of ether oxygens (including phenoxy) is 1. The summed E-state index contributed by atoms with van der Waals surface area (Å²) in [5.41, 5.74) is 3.11. The molecule has 4 rings (SSSR count). The van der Waals surface area contributed by atoms with Crippen molar-refractivity contribution < 1.29 is 9.53 Å². The van der Waals surface area contributed by atoms with Gasteiger partial charge >= 0.3 is 5.97 Å². The first kappa shape index (κ1) is 15.6. The summed E-state index contributed by atoms with van der Waals surface area (Å²) >= 11 is 1.54. The second-order valence-corrected chi connectivity index (χ2v) is 7.78. The molecule has 0 radical (unpaired) electrons. The lowest BCUT2D eigenvalue weighted by atomic mass is 9.74. The van der Waals surface area contributed by atoms with Crippen LogP contribution >= 0.6 is 11.3 Å². The van der Waals surface area contributed by atoms with Gasteiger partial charge in [-0.05, 0) is 49.2 Å². The van der Waals surface area contributed by atoms with Gasteiger partial charge in [-0.1, -0.05) is 36.4 Å². The molecular weight excluding hydrogens is 318 g/mol. The van der Waals surface area contributed by atoms with Gasteiger partial charge in [0.2, 0.25) is 0 Å². The van der Waals surface area contributed by atoms with Gasteiger partial charge in [-0.25, -0.2) is 4.79 Å². The van der Waals surface area contributed by atoms with Crippen molar-refractivity contribution in [2.24, 2.45) is 0 Å². The van der Waals surface area contributed by atoms with E-state index in [-0.39, 0.29) is 11.4 Å². The van der Waals surface area contributed by atoms with Crippen LogP contribution in [0.3, 0.4) is 0 Å². The maximum Gasteiger partial charge on any atom is 0.348 e. The van der Waals surface area contributed by atoms with E-state index >= 15 is 0 Å². The van der Waals surface area contributed by atoms with Crippen molar-refractivity contribution in [1.29, 1.82) is 0 Å². The predicted molar refractivity (Wildman–Crippen MR) is 97.3 cm³/mol. The number of esters is 1. The van der Waals surface area contributed by atoms with E-state index in [2.05, 4.69) is 41.3 Å². The van der Waals surface area contributed by atoms with Gasteiger partial charge in [0, 0.05) is 16.8 Å². The van der Waals surface area contributed by atoms with Gasteiger partial charge in [0.25, 0.3) is 0 Å².